The van der Waals surface area contributed by atoms with Crippen LogP contribution in [0.3, 0.4) is 0 Å². The second-order valence-electron chi connectivity index (χ2n) is 3.80. The lowest BCUT2D eigenvalue weighted by Gasteiger charge is -2.18. The van der Waals surface area contributed by atoms with Crippen LogP contribution in [0.25, 0.3) is 0 Å². The molecule has 0 aromatic carbocycles. The van der Waals surface area contributed by atoms with Crippen molar-refractivity contribution in [1.82, 2.24) is 15.5 Å². The molecule has 6 nitrogen and oxygen atoms in total. The van der Waals surface area contributed by atoms with Crippen molar-refractivity contribution in [2.24, 2.45) is 0 Å². The van der Waals surface area contributed by atoms with Crippen LogP contribution in [0.1, 0.15) is 30.0 Å². The molecule has 1 rings (SSSR count). The third-order valence-corrected chi connectivity index (χ3v) is 2.41. The van der Waals surface area contributed by atoms with Crippen molar-refractivity contribution in [3.8, 4) is 0 Å². The van der Waals surface area contributed by atoms with E-state index in [1.807, 2.05) is 0 Å². The van der Waals surface area contributed by atoms with Gasteiger partial charge in [-0.15, -0.1) is 0 Å². The summed E-state index contributed by atoms with van der Waals surface area (Å²) in [5.74, 6) is -0.244. The predicted octanol–water partition coefficient (Wildman–Crippen LogP) is -0.443. The lowest BCUT2D eigenvalue weighted by molar-refractivity contribution is -0.119. The SMILES string of the molecule is CC(=O)NCC(O)C(O)c1c(C)n[nH]c1C. The number of aromatic nitrogens is 2. The van der Waals surface area contributed by atoms with Crippen LogP contribution in [0.4, 0.5) is 0 Å². The number of aliphatic hydroxyl groups excluding tert-OH is 2. The summed E-state index contributed by atoms with van der Waals surface area (Å²) in [6.07, 6.45) is -2.09. The number of hydrogen-bond donors (Lipinski definition) is 4. The van der Waals surface area contributed by atoms with Crippen LogP contribution >= 0.6 is 0 Å². The quantitative estimate of drug-likeness (QED) is 0.560. The number of H-pyrrole nitrogens is 1. The Bertz CT molecular complexity index is 356. The van der Waals surface area contributed by atoms with Crippen molar-refractivity contribution in [1.29, 1.82) is 0 Å². The number of nitrogens with zero attached hydrogens (tertiary/aromatic N) is 1. The molecule has 6 heteroatoms. The molecule has 0 aliphatic heterocycles. The molecule has 0 aliphatic rings. The highest BCUT2D eigenvalue weighted by molar-refractivity contribution is 5.72. The van der Waals surface area contributed by atoms with Gasteiger partial charge in [0.1, 0.15) is 12.2 Å². The van der Waals surface area contributed by atoms with Crippen molar-refractivity contribution in [3.05, 3.63) is 17.0 Å². The van der Waals surface area contributed by atoms with Crippen LogP contribution in [0.2, 0.25) is 0 Å². The molecule has 0 spiro atoms. The van der Waals surface area contributed by atoms with Crippen LogP contribution < -0.4 is 5.32 Å². The van der Waals surface area contributed by atoms with Crippen molar-refractivity contribution in [2.75, 3.05) is 6.54 Å². The Balaban J connectivity index is 2.70. The molecule has 4 N–H and O–H groups in total. The normalized spacial score (nSPS) is 14.6. The van der Waals surface area contributed by atoms with Crippen molar-refractivity contribution >= 4 is 5.91 Å². The van der Waals surface area contributed by atoms with E-state index < -0.39 is 12.2 Å². The molecular formula is C10H17N3O3. The number of aliphatic hydroxyl groups is 2. The molecule has 1 aromatic rings. The third-order valence-electron chi connectivity index (χ3n) is 2.41. The smallest absolute Gasteiger partial charge is 0.216 e. The van der Waals surface area contributed by atoms with E-state index >= 15 is 0 Å². The third kappa shape index (κ3) is 2.80. The van der Waals surface area contributed by atoms with Crippen LogP contribution in [0.15, 0.2) is 0 Å². The van der Waals surface area contributed by atoms with Gasteiger partial charge < -0.3 is 15.5 Å². The van der Waals surface area contributed by atoms with Gasteiger partial charge in [-0.1, -0.05) is 0 Å². The maximum absolute atomic E-state index is 10.7. The number of carbonyl (C=O) groups is 1. The lowest BCUT2D eigenvalue weighted by atomic mass is 10.0. The number of nitrogens with one attached hydrogen (secondary N) is 2. The maximum Gasteiger partial charge on any atom is 0.216 e. The van der Waals surface area contributed by atoms with Gasteiger partial charge in [-0.05, 0) is 13.8 Å². The summed E-state index contributed by atoms with van der Waals surface area (Å²) >= 11 is 0. The number of amides is 1. The minimum atomic E-state index is -1.05. The molecule has 1 aromatic heterocycles. The molecule has 90 valence electrons. The number of hydrogen-bond acceptors (Lipinski definition) is 4. The van der Waals surface area contributed by atoms with E-state index in [2.05, 4.69) is 15.5 Å². The fraction of sp³-hybridized carbons (Fsp3) is 0.600. The van der Waals surface area contributed by atoms with Crippen LogP contribution in [-0.4, -0.2) is 39.0 Å². The molecular weight excluding hydrogens is 210 g/mol. The average molecular weight is 227 g/mol. The van der Waals surface area contributed by atoms with Crippen LogP contribution in [0.5, 0.6) is 0 Å². The van der Waals surface area contributed by atoms with Crippen molar-refractivity contribution in [3.63, 3.8) is 0 Å². The first-order valence-corrected chi connectivity index (χ1v) is 5.05. The summed E-state index contributed by atoms with van der Waals surface area (Å²) in [5, 5.41) is 28.7. The average Bonchev–Trinajstić information content (AvgIpc) is 2.54. The predicted molar refractivity (Wildman–Crippen MR) is 57.7 cm³/mol. The van der Waals surface area contributed by atoms with E-state index in [9.17, 15) is 15.0 Å². The first-order chi connectivity index (χ1) is 7.43. The van der Waals surface area contributed by atoms with Gasteiger partial charge >= 0.3 is 0 Å². The Morgan fingerprint density at radius 1 is 1.50 bits per heavy atom. The van der Waals surface area contributed by atoms with E-state index in [-0.39, 0.29) is 12.5 Å². The molecule has 0 saturated heterocycles. The molecule has 0 saturated carbocycles. The lowest BCUT2D eigenvalue weighted by Crippen LogP contribution is -2.34. The van der Waals surface area contributed by atoms with Crippen LogP contribution in [-0.2, 0) is 4.79 Å². The molecule has 16 heavy (non-hydrogen) atoms. The highest BCUT2D eigenvalue weighted by Gasteiger charge is 2.23. The molecule has 0 fully saturated rings. The van der Waals surface area contributed by atoms with Gasteiger partial charge in [-0.3, -0.25) is 9.89 Å². The van der Waals surface area contributed by atoms with Gasteiger partial charge in [-0.2, -0.15) is 5.10 Å². The summed E-state index contributed by atoms with van der Waals surface area (Å²) in [7, 11) is 0. The largest absolute Gasteiger partial charge is 0.388 e. The Kier molecular flexibility index (Phi) is 4.03. The summed E-state index contributed by atoms with van der Waals surface area (Å²) in [6.45, 7) is 4.88. The molecule has 2 atom stereocenters. The second kappa shape index (κ2) is 5.09. The molecule has 2 unspecified atom stereocenters. The van der Waals surface area contributed by atoms with E-state index in [4.69, 9.17) is 0 Å². The molecule has 1 heterocycles. The number of rotatable bonds is 4. The van der Waals surface area contributed by atoms with E-state index in [0.717, 1.165) is 0 Å². The Labute approximate surface area is 93.7 Å². The van der Waals surface area contributed by atoms with Crippen molar-refractivity contribution < 1.29 is 15.0 Å². The van der Waals surface area contributed by atoms with Gasteiger partial charge in [0.2, 0.25) is 5.91 Å². The summed E-state index contributed by atoms with van der Waals surface area (Å²) in [4.78, 5) is 10.7. The summed E-state index contributed by atoms with van der Waals surface area (Å²) in [5.41, 5.74) is 1.94. The van der Waals surface area contributed by atoms with E-state index in [1.165, 1.54) is 6.92 Å². The van der Waals surface area contributed by atoms with Crippen LogP contribution in [0, 0.1) is 13.8 Å². The number of aromatic amines is 1. The number of aryl methyl sites for hydroxylation is 2. The van der Waals surface area contributed by atoms with Crippen molar-refractivity contribution in [2.45, 2.75) is 33.0 Å². The highest BCUT2D eigenvalue weighted by atomic mass is 16.3. The maximum atomic E-state index is 10.7. The van der Waals surface area contributed by atoms with E-state index in [0.29, 0.717) is 17.0 Å². The van der Waals surface area contributed by atoms with Gasteiger partial charge in [0.25, 0.3) is 0 Å². The minimum absolute atomic E-state index is 0.0144. The van der Waals surface area contributed by atoms with Gasteiger partial charge in [0, 0.05) is 24.7 Å². The first kappa shape index (κ1) is 12.7. The zero-order valence-corrected chi connectivity index (χ0v) is 9.61. The molecule has 1 amide bonds. The summed E-state index contributed by atoms with van der Waals surface area (Å²) < 4.78 is 0. The second-order valence-corrected chi connectivity index (χ2v) is 3.80. The number of carbonyl (C=O) groups excluding carboxylic acids is 1. The highest BCUT2D eigenvalue weighted by Crippen LogP contribution is 2.22. The summed E-state index contributed by atoms with van der Waals surface area (Å²) in [6, 6.07) is 0. The molecule has 0 aliphatic carbocycles. The Morgan fingerprint density at radius 2 is 2.12 bits per heavy atom. The monoisotopic (exact) mass is 227 g/mol. The molecule has 0 bridgehead atoms. The molecule has 0 radical (unpaired) electrons. The fourth-order valence-corrected chi connectivity index (χ4v) is 1.55. The van der Waals surface area contributed by atoms with E-state index in [1.54, 1.807) is 13.8 Å². The zero-order valence-electron chi connectivity index (χ0n) is 9.61. The van der Waals surface area contributed by atoms with Gasteiger partial charge in [0.05, 0.1) is 5.69 Å². The first-order valence-electron chi connectivity index (χ1n) is 5.05. The van der Waals surface area contributed by atoms with Gasteiger partial charge in [0.15, 0.2) is 0 Å². The minimum Gasteiger partial charge on any atom is -0.388 e. The Morgan fingerprint density at radius 3 is 2.56 bits per heavy atom. The fourth-order valence-electron chi connectivity index (χ4n) is 1.55. The Hall–Kier alpha value is -1.40. The van der Waals surface area contributed by atoms with Gasteiger partial charge in [-0.25, -0.2) is 0 Å². The topological polar surface area (TPSA) is 98.2 Å². The standard InChI is InChI=1S/C10H17N3O3/c1-5-9(6(2)13-12-5)10(16)8(15)4-11-7(3)14/h8,10,15-16H,4H2,1-3H3,(H,11,14)(H,12,13). The zero-order chi connectivity index (χ0) is 12.3.